The van der Waals surface area contributed by atoms with E-state index in [4.69, 9.17) is 5.73 Å². The zero-order valence-electron chi connectivity index (χ0n) is 13.3. The topological polar surface area (TPSA) is 67.1 Å². The highest BCUT2D eigenvalue weighted by atomic mass is 127. The number of nitrogens with one attached hydrogen (secondary N) is 1. The monoisotopic (exact) mass is 438 g/mol. The molecule has 0 saturated heterocycles. The van der Waals surface area contributed by atoms with Gasteiger partial charge < -0.3 is 10.7 Å². The molecule has 3 aromatic carbocycles. The van der Waals surface area contributed by atoms with E-state index in [1.807, 2.05) is 54.6 Å². The number of benzene rings is 3. The first-order chi connectivity index (χ1) is 12.2. The van der Waals surface area contributed by atoms with E-state index in [2.05, 4.69) is 49.7 Å². The first-order valence-corrected chi connectivity index (χ1v) is 9.07. The number of rotatable bonds is 3. The molecule has 0 aliphatic heterocycles. The molecule has 5 heteroatoms. The third-order valence-corrected chi connectivity index (χ3v) is 4.36. The van der Waals surface area contributed by atoms with E-state index in [-0.39, 0.29) is 0 Å². The summed E-state index contributed by atoms with van der Waals surface area (Å²) in [5.41, 5.74) is 12.7. The minimum atomic E-state index is 0.667. The van der Waals surface area contributed by atoms with Gasteiger partial charge in [-0.3, -0.25) is 0 Å². The van der Waals surface area contributed by atoms with Crippen molar-refractivity contribution in [3.63, 3.8) is 0 Å². The van der Waals surface area contributed by atoms with Crippen molar-refractivity contribution in [2.24, 2.45) is 4.99 Å². The maximum Gasteiger partial charge on any atom is 0.138 e. The Morgan fingerprint density at radius 2 is 1.68 bits per heavy atom. The van der Waals surface area contributed by atoms with E-state index in [0.29, 0.717) is 5.69 Å². The van der Waals surface area contributed by atoms with Crippen molar-refractivity contribution in [1.29, 1.82) is 0 Å². The van der Waals surface area contributed by atoms with Crippen molar-refractivity contribution in [2.75, 3.05) is 5.73 Å². The van der Waals surface area contributed by atoms with Gasteiger partial charge in [-0.15, -0.1) is 0 Å². The number of aromatic amines is 1. The van der Waals surface area contributed by atoms with Gasteiger partial charge in [-0.1, -0.05) is 42.5 Å². The van der Waals surface area contributed by atoms with Gasteiger partial charge in [0.15, 0.2) is 0 Å². The number of fused-ring (bicyclic) bond motifs is 1. The number of anilines is 1. The van der Waals surface area contributed by atoms with E-state index in [9.17, 15) is 0 Å². The Morgan fingerprint density at radius 1 is 0.920 bits per heavy atom. The number of aromatic nitrogens is 2. The number of hydrogen-bond donors (Lipinski definition) is 2. The van der Waals surface area contributed by atoms with Crippen molar-refractivity contribution >= 4 is 49.2 Å². The molecule has 0 radical (unpaired) electrons. The van der Waals surface area contributed by atoms with Crippen LogP contribution in [0.4, 0.5) is 11.4 Å². The van der Waals surface area contributed by atoms with Crippen LogP contribution in [0.1, 0.15) is 0 Å². The molecule has 1 heterocycles. The highest BCUT2D eigenvalue weighted by Gasteiger charge is 2.07. The molecule has 4 rings (SSSR count). The lowest BCUT2D eigenvalue weighted by Gasteiger charge is -2.05. The van der Waals surface area contributed by atoms with Crippen molar-refractivity contribution < 1.29 is 0 Å². The number of nitrogens with two attached hydrogens (primary N) is 1. The van der Waals surface area contributed by atoms with Gasteiger partial charge in [0.1, 0.15) is 5.82 Å². The average Bonchev–Trinajstić information content (AvgIpc) is 3.07. The van der Waals surface area contributed by atoms with Crippen LogP contribution in [0.5, 0.6) is 0 Å². The Balaban J connectivity index is 1.75. The highest BCUT2D eigenvalue weighted by Crippen LogP contribution is 2.31. The van der Waals surface area contributed by atoms with Crippen molar-refractivity contribution in [3.05, 3.63) is 66.7 Å². The van der Waals surface area contributed by atoms with Gasteiger partial charge in [0.25, 0.3) is 0 Å². The maximum atomic E-state index is 6.10. The molecular formula is C20H15IN4. The van der Waals surface area contributed by atoms with Gasteiger partial charge in [-0.05, 0) is 58.0 Å². The van der Waals surface area contributed by atoms with Gasteiger partial charge in [-0.2, -0.15) is 0 Å². The Labute approximate surface area is 159 Å². The predicted molar refractivity (Wildman–Crippen MR) is 114 cm³/mol. The van der Waals surface area contributed by atoms with Crippen molar-refractivity contribution in [2.45, 2.75) is 0 Å². The third-order valence-electron chi connectivity index (χ3n) is 4.08. The van der Waals surface area contributed by atoms with Crippen molar-refractivity contribution in [3.8, 4) is 22.5 Å². The fourth-order valence-electron chi connectivity index (χ4n) is 2.83. The molecule has 0 atom stereocenters. The summed E-state index contributed by atoms with van der Waals surface area (Å²) in [5, 5.41) is 0. The molecule has 4 nitrogen and oxygen atoms in total. The number of imidazole rings is 1. The maximum absolute atomic E-state index is 6.10. The van der Waals surface area contributed by atoms with E-state index in [0.717, 1.165) is 39.2 Å². The molecule has 0 spiro atoms. The number of nitrogen functional groups attached to an aromatic ring is 1. The Morgan fingerprint density at radius 3 is 2.44 bits per heavy atom. The van der Waals surface area contributed by atoms with E-state index in [1.165, 1.54) is 0 Å². The summed E-state index contributed by atoms with van der Waals surface area (Å²) in [7, 11) is 0. The molecule has 3 N–H and O–H groups in total. The summed E-state index contributed by atoms with van der Waals surface area (Å²) >= 11 is 2.09. The Hall–Kier alpha value is -2.67. The minimum Gasteiger partial charge on any atom is -0.397 e. The number of halogens is 1. The van der Waals surface area contributed by atoms with Crippen LogP contribution >= 0.6 is 22.6 Å². The van der Waals surface area contributed by atoms with Gasteiger partial charge in [0.2, 0.25) is 0 Å². The summed E-state index contributed by atoms with van der Waals surface area (Å²) < 4.78 is 1.71. The summed E-state index contributed by atoms with van der Waals surface area (Å²) in [6, 6.07) is 22.2. The van der Waals surface area contributed by atoms with Crippen LogP contribution < -0.4 is 5.73 Å². The standard InChI is InChI=1S/C20H15IN4/c21-12-23-17-8-6-14(10-16(17)22)15-7-9-18-19(11-15)25-20(24-18)13-4-2-1-3-5-13/h1-12H,22H2,(H,24,25). The molecule has 0 aliphatic carbocycles. The normalized spacial score (nSPS) is 11.4. The average molecular weight is 438 g/mol. The van der Waals surface area contributed by atoms with Gasteiger partial charge >= 0.3 is 0 Å². The quantitative estimate of drug-likeness (QED) is 0.249. The molecule has 1 aromatic heterocycles. The lowest BCUT2D eigenvalue weighted by Crippen LogP contribution is -1.87. The minimum absolute atomic E-state index is 0.667. The lowest BCUT2D eigenvalue weighted by molar-refractivity contribution is 1.34. The molecule has 0 amide bonds. The first kappa shape index (κ1) is 15.8. The smallest absolute Gasteiger partial charge is 0.138 e. The van der Waals surface area contributed by atoms with Gasteiger partial charge in [0, 0.05) is 5.56 Å². The number of aliphatic imine (C=N–C) groups is 1. The van der Waals surface area contributed by atoms with Crippen molar-refractivity contribution in [1.82, 2.24) is 9.97 Å². The molecule has 0 unspecified atom stereocenters. The number of H-pyrrole nitrogens is 1. The second-order valence-electron chi connectivity index (χ2n) is 5.68. The second kappa shape index (κ2) is 6.68. The highest BCUT2D eigenvalue weighted by molar-refractivity contribution is 14.1. The SMILES string of the molecule is Nc1cc(-c2ccc3nc(-c4ccccc4)[nH]c3c2)ccc1N=CI. The first-order valence-electron chi connectivity index (χ1n) is 7.82. The van der Waals surface area contributed by atoms with Crippen LogP contribution in [0.2, 0.25) is 0 Å². The predicted octanol–water partition coefficient (Wildman–Crippen LogP) is 5.57. The largest absolute Gasteiger partial charge is 0.397 e. The van der Waals surface area contributed by atoms with Crippen LogP contribution in [-0.4, -0.2) is 14.2 Å². The van der Waals surface area contributed by atoms with Gasteiger partial charge in [0.05, 0.1) is 26.6 Å². The Bertz CT molecular complexity index is 1070. The molecular weight excluding hydrogens is 423 g/mol. The second-order valence-corrected chi connectivity index (χ2v) is 6.24. The molecule has 0 aliphatic rings. The van der Waals surface area contributed by atoms with E-state index < -0.39 is 0 Å². The van der Waals surface area contributed by atoms with E-state index >= 15 is 0 Å². The summed E-state index contributed by atoms with van der Waals surface area (Å²) in [5.74, 6) is 0.874. The van der Waals surface area contributed by atoms with Crippen LogP contribution in [0.15, 0.2) is 71.7 Å². The Kier molecular flexibility index (Phi) is 4.23. The molecule has 0 fully saturated rings. The molecule has 0 bridgehead atoms. The number of hydrogen-bond acceptors (Lipinski definition) is 3. The van der Waals surface area contributed by atoms with Gasteiger partial charge in [-0.25, -0.2) is 9.98 Å². The van der Waals surface area contributed by atoms with Crippen LogP contribution in [0.3, 0.4) is 0 Å². The fourth-order valence-corrected chi connectivity index (χ4v) is 3.13. The molecule has 0 saturated carbocycles. The third kappa shape index (κ3) is 3.15. The van der Waals surface area contributed by atoms with Crippen LogP contribution in [-0.2, 0) is 0 Å². The number of nitrogens with zero attached hydrogens (tertiary/aromatic N) is 2. The molecule has 25 heavy (non-hydrogen) atoms. The van der Waals surface area contributed by atoms with Crippen LogP contribution in [0, 0.1) is 0 Å². The summed E-state index contributed by atoms with van der Waals surface area (Å²) in [6.45, 7) is 0. The molecule has 122 valence electrons. The lowest BCUT2D eigenvalue weighted by atomic mass is 10.0. The summed E-state index contributed by atoms with van der Waals surface area (Å²) in [4.78, 5) is 12.3. The van der Waals surface area contributed by atoms with Crippen LogP contribution in [0.25, 0.3) is 33.5 Å². The van der Waals surface area contributed by atoms with E-state index in [1.54, 1.807) is 4.22 Å². The zero-order valence-corrected chi connectivity index (χ0v) is 15.4. The molecule has 4 aromatic rings. The summed E-state index contributed by atoms with van der Waals surface area (Å²) in [6.07, 6.45) is 0. The zero-order chi connectivity index (χ0) is 17.2. The fraction of sp³-hybridized carbons (Fsp3) is 0.